The average Bonchev–Trinajstić information content (AvgIpc) is 2.29. The highest BCUT2D eigenvalue weighted by atomic mass is 35.5. The van der Waals surface area contributed by atoms with Crippen LogP contribution in [0, 0.1) is 11.3 Å². The molecule has 78 valence electrons. The summed E-state index contributed by atoms with van der Waals surface area (Å²) >= 11 is 12.1. The molecule has 16 heavy (non-hydrogen) atoms. The Labute approximate surface area is 103 Å². The fourth-order valence-corrected chi connectivity index (χ4v) is 1.97. The van der Waals surface area contributed by atoms with E-state index >= 15 is 0 Å². The second-order valence-electron chi connectivity index (χ2n) is 3.14. The van der Waals surface area contributed by atoms with Crippen molar-refractivity contribution in [1.82, 2.24) is 4.98 Å². The Morgan fingerprint density at radius 2 is 1.81 bits per heavy atom. The fourth-order valence-electron chi connectivity index (χ4n) is 1.38. The second kappa shape index (κ2) is 4.52. The highest BCUT2D eigenvalue weighted by Crippen LogP contribution is 2.33. The number of nitrogens with zero attached hydrogens (tertiary/aromatic N) is 2. The molecule has 0 aliphatic carbocycles. The van der Waals surface area contributed by atoms with Crippen LogP contribution in [0.3, 0.4) is 0 Å². The Hall–Kier alpha value is -1.56. The van der Waals surface area contributed by atoms with Crippen LogP contribution in [0.5, 0.6) is 0 Å². The fraction of sp³-hybridized carbons (Fsp3) is 0. The molecule has 0 saturated carbocycles. The molecule has 0 amide bonds. The van der Waals surface area contributed by atoms with Gasteiger partial charge in [0.25, 0.3) is 0 Å². The van der Waals surface area contributed by atoms with Crippen molar-refractivity contribution >= 4 is 23.2 Å². The first kappa shape index (κ1) is 10.9. The van der Waals surface area contributed by atoms with E-state index in [9.17, 15) is 0 Å². The van der Waals surface area contributed by atoms with Crippen LogP contribution in [0.4, 0.5) is 0 Å². The lowest BCUT2D eigenvalue weighted by molar-refractivity contribution is 1.31. The predicted octanol–water partition coefficient (Wildman–Crippen LogP) is 3.93. The summed E-state index contributed by atoms with van der Waals surface area (Å²) in [4.78, 5) is 4.16. The summed E-state index contributed by atoms with van der Waals surface area (Å²) in [5.74, 6) is 0. The van der Waals surface area contributed by atoms with E-state index in [1.807, 2.05) is 6.07 Å². The Bertz CT molecular complexity index is 553. The molecule has 0 spiro atoms. The van der Waals surface area contributed by atoms with Gasteiger partial charge < -0.3 is 0 Å². The maximum absolute atomic E-state index is 8.80. The maximum atomic E-state index is 8.80. The third kappa shape index (κ3) is 2.01. The topological polar surface area (TPSA) is 36.7 Å². The summed E-state index contributed by atoms with van der Waals surface area (Å²) in [6.07, 6.45) is 1.56. The van der Waals surface area contributed by atoms with Gasteiger partial charge in [-0.15, -0.1) is 0 Å². The third-order valence-corrected chi connectivity index (χ3v) is 2.74. The van der Waals surface area contributed by atoms with Gasteiger partial charge >= 0.3 is 0 Å². The molecule has 1 heterocycles. The zero-order valence-electron chi connectivity index (χ0n) is 8.11. The number of aromatic nitrogens is 1. The molecule has 2 aromatic rings. The van der Waals surface area contributed by atoms with Crippen LogP contribution in [-0.4, -0.2) is 4.98 Å². The lowest BCUT2D eigenvalue weighted by Gasteiger charge is -2.05. The zero-order valence-corrected chi connectivity index (χ0v) is 9.63. The molecule has 0 radical (unpaired) electrons. The molecule has 0 saturated heterocycles. The van der Waals surface area contributed by atoms with Crippen molar-refractivity contribution in [2.24, 2.45) is 0 Å². The molecule has 1 aromatic carbocycles. The Balaban J connectivity index is 2.64. The molecule has 4 heteroatoms. The minimum atomic E-state index is 0.523. The summed E-state index contributed by atoms with van der Waals surface area (Å²) in [7, 11) is 0. The van der Waals surface area contributed by atoms with Gasteiger partial charge in [-0.2, -0.15) is 5.26 Å². The normalized spacial score (nSPS) is 9.81. The van der Waals surface area contributed by atoms with Crippen molar-refractivity contribution < 1.29 is 0 Å². The van der Waals surface area contributed by atoms with Gasteiger partial charge in [0.1, 0.15) is 0 Å². The van der Waals surface area contributed by atoms with E-state index < -0.39 is 0 Å². The van der Waals surface area contributed by atoms with Crippen molar-refractivity contribution in [3.8, 4) is 17.3 Å². The van der Waals surface area contributed by atoms with Crippen LogP contribution in [0.25, 0.3) is 11.3 Å². The molecule has 0 atom stereocenters. The second-order valence-corrected chi connectivity index (χ2v) is 3.95. The van der Waals surface area contributed by atoms with E-state index in [0.29, 0.717) is 26.9 Å². The molecule has 0 fully saturated rings. The largest absolute Gasteiger partial charge is 0.256 e. The Morgan fingerprint density at radius 3 is 2.44 bits per heavy atom. The van der Waals surface area contributed by atoms with Crippen molar-refractivity contribution in [1.29, 1.82) is 5.26 Å². The maximum Gasteiger partial charge on any atom is 0.0992 e. The molecule has 0 aliphatic heterocycles. The highest BCUT2D eigenvalue weighted by Gasteiger charge is 2.09. The van der Waals surface area contributed by atoms with Crippen molar-refractivity contribution in [3.05, 3.63) is 52.1 Å². The predicted molar refractivity (Wildman–Crippen MR) is 64.4 cm³/mol. The standard InChI is InChI=1S/C12H6Cl2N2/c13-9-2-1-3-10(14)12(9)11-6-8(7-15)4-5-16-11/h1-6H. The van der Waals surface area contributed by atoms with Crippen LogP contribution in [-0.2, 0) is 0 Å². The monoisotopic (exact) mass is 248 g/mol. The Kier molecular flexibility index (Phi) is 3.09. The Morgan fingerprint density at radius 1 is 1.12 bits per heavy atom. The van der Waals surface area contributed by atoms with Crippen LogP contribution in [0.15, 0.2) is 36.5 Å². The smallest absolute Gasteiger partial charge is 0.0992 e. The highest BCUT2D eigenvalue weighted by molar-refractivity contribution is 6.39. The average molecular weight is 249 g/mol. The van der Waals surface area contributed by atoms with Crippen molar-refractivity contribution in [2.75, 3.05) is 0 Å². The van der Waals surface area contributed by atoms with Gasteiger partial charge in [0.15, 0.2) is 0 Å². The minimum Gasteiger partial charge on any atom is -0.256 e. The summed E-state index contributed by atoms with van der Waals surface area (Å²) in [6, 6.07) is 10.6. The number of nitriles is 1. The molecule has 1 aromatic heterocycles. The van der Waals surface area contributed by atoms with Crippen LogP contribution < -0.4 is 0 Å². The molecular formula is C12H6Cl2N2. The van der Waals surface area contributed by atoms with Gasteiger partial charge in [-0.05, 0) is 24.3 Å². The van der Waals surface area contributed by atoms with E-state index in [1.54, 1.807) is 36.5 Å². The van der Waals surface area contributed by atoms with Gasteiger partial charge in [-0.25, -0.2) is 0 Å². The zero-order chi connectivity index (χ0) is 11.5. The summed E-state index contributed by atoms with van der Waals surface area (Å²) in [5.41, 5.74) is 1.79. The van der Waals surface area contributed by atoms with Gasteiger partial charge in [-0.3, -0.25) is 4.98 Å². The van der Waals surface area contributed by atoms with E-state index in [1.165, 1.54) is 0 Å². The molecule has 2 nitrogen and oxygen atoms in total. The van der Waals surface area contributed by atoms with Gasteiger partial charge in [0, 0.05) is 11.8 Å². The lowest BCUT2D eigenvalue weighted by atomic mass is 10.1. The summed E-state index contributed by atoms with van der Waals surface area (Å²) in [6.45, 7) is 0. The minimum absolute atomic E-state index is 0.523. The number of benzene rings is 1. The first-order valence-electron chi connectivity index (χ1n) is 4.53. The van der Waals surface area contributed by atoms with E-state index in [0.717, 1.165) is 0 Å². The first-order chi connectivity index (χ1) is 7.72. The molecule has 0 aliphatic rings. The van der Waals surface area contributed by atoms with Gasteiger partial charge in [0.2, 0.25) is 0 Å². The molecular weight excluding hydrogens is 243 g/mol. The number of hydrogen-bond acceptors (Lipinski definition) is 2. The molecule has 0 unspecified atom stereocenters. The molecule has 0 N–H and O–H groups in total. The van der Waals surface area contributed by atoms with E-state index in [4.69, 9.17) is 28.5 Å². The molecule has 0 bridgehead atoms. The number of halogens is 2. The number of hydrogen-bond donors (Lipinski definition) is 0. The van der Waals surface area contributed by atoms with E-state index in [-0.39, 0.29) is 0 Å². The quantitative estimate of drug-likeness (QED) is 0.767. The van der Waals surface area contributed by atoms with Crippen LogP contribution >= 0.6 is 23.2 Å². The molecule has 2 rings (SSSR count). The van der Waals surface area contributed by atoms with Crippen LogP contribution in [0.1, 0.15) is 5.56 Å². The van der Waals surface area contributed by atoms with Crippen LogP contribution in [0.2, 0.25) is 10.0 Å². The van der Waals surface area contributed by atoms with Crippen molar-refractivity contribution in [3.63, 3.8) is 0 Å². The number of pyridine rings is 1. The van der Waals surface area contributed by atoms with Gasteiger partial charge in [-0.1, -0.05) is 29.3 Å². The SMILES string of the molecule is N#Cc1ccnc(-c2c(Cl)cccc2Cl)c1. The van der Waals surface area contributed by atoms with Crippen molar-refractivity contribution in [2.45, 2.75) is 0 Å². The lowest BCUT2D eigenvalue weighted by Crippen LogP contribution is -1.87. The summed E-state index contributed by atoms with van der Waals surface area (Å²) in [5, 5.41) is 9.85. The van der Waals surface area contributed by atoms with Gasteiger partial charge in [0.05, 0.1) is 27.4 Å². The third-order valence-electron chi connectivity index (χ3n) is 2.11. The van der Waals surface area contributed by atoms with E-state index in [2.05, 4.69) is 4.98 Å². The number of rotatable bonds is 1. The summed E-state index contributed by atoms with van der Waals surface area (Å²) < 4.78 is 0. The first-order valence-corrected chi connectivity index (χ1v) is 5.28.